The van der Waals surface area contributed by atoms with Crippen LogP contribution in [0.3, 0.4) is 0 Å². The first-order valence-electron chi connectivity index (χ1n) is 7.66. The van der Waals surface area contributed by atoms with E-state index in [1.807, 2.05) is 13.0 Å². The predicted octanol–water partition coefficient (Wildman–Crippen LogP) is 0.519. The van der Waals surface area contributed by atoms with Crippen LogP contribution in [-0.4, -0.2) is 45.8 Å². The number of benzene rings is 1. The van der Waals surface area contributed by atoms with Crippen molar-refractivity contribution in [3.8, 4) is 6.07 Å². The Kier molecular flexibility index (Phi) is 4.31. The van der Waals surface area contributed by atoms with Gasteiger partial charge >= 0.3 is 0 Å². The number of aromatic amines is 1. The van der Waals surface area contributed by atoms with Crippen molar-refractivity contribution in [3.05, 3.63) is 58.3 Å². The molecule has 25 heavy (non-hydrogen) atoms. The Labute approximate surface area is 143 Å². The summed E-state index contributed by atoms with van der Waals surface area (Å²) in [6.45, 7) is 2.09. The number of carbonyl (C=O) groups is 2. The van der Waals surface area contributed by atoms with E-state index >= 15 is 0 Å². The van der Waals surface area contributed by atoms with Crippen LogP contribution in [0.25, 0.3) is 0 Å². The number of H-pyrrole nitrogens is 1. The monoisotopic (exact) mass is 337 g/mol. The van der Waals surface area contributed by atoms with Gasteiger partial charge in [-0.15, -0.1) is 0 Å². The molecule has 0 unspecified atom stereocenters. The fourth-order valence-electron chi connectivity index (χ4n) is 2.70. The van der Waals surface area contributed by atoms with Gasteiger partial charge in [0.25, 0.3) is 11.5 Å². The molecule has 2 heterocycles. The van der Waals surface area contributed by atoms with E-state index in [2.05, 4.69) is 9.97 Å². The number of carbonyl (C=O) groups excluding carboxylic acids is 2. The van der Waals surface area contributed by atoms with Crippen molar-refractivity contribution in [2.75, 3.05) is 18.0 Å². The molecule has 1 aromatic heterocycles. The van der Waals surface area contributed by atoms with Gasteiger partial charge in [-0.25, -0.2) is 4.98 Å². The van der Waals surface area contributed by atoms with Gasteiger partial charge in [0.2, 0.25) is 5.91 Å². The molecule has 1 atom stereocenters. The Morgan fingerprint density at radius 3 is 2.64 bits per heavy atom. The summed E-state index contributed by atoms with van der Waals surface area (Å²) in [4.78, 5) is 45.3. The molecule has 0 bridgehead atoms. The van der Waals surface area contributed by atoms with Crippen LogP contribution in [0, 0.1) is 11.3 Å². The standard InChI is InChI=1S/C17H15N5O3/c1-11-9-22(13-4-2-12(6-18)3-5-13)16(24)10-21(11)17(25)14-7-20-15(23)8-19-14/h2-5,7-8,11H,9-10H2,1H3,(H,20,23)/t11-/m0/s1. The number of amides is 2. The molecule has 0 aliphatic carbocycles. The van der Waals surface area contributed by atoms with Crippen molar-refractivity contribution in [2.24, 2.45) is 0 Å². The van der Waals surface area contributed by atoms with Crippen molar-refractivity contribution < 1.29 is 9.59 Å². The molecule has 1 aliphatic rings. The molecule has 3 rings (SSSR count). The second kappa shape index (κ2) is 6.57. The molecular formula is C17H15N5O3. The molecule has 8 nitrogen and oxygen atoms in total. The fraction of sp³-hybridized carbons (Fsp3) is 0.235. The first-order valence-corrected chi connectivity index (χ1v) is 7.66. The molecule has 1 N–H and O–H groups in total. The summed E-state index contributed by atoms with van der Waals surface area (Å²) in [5.41, 5.74) is 0.893. The SMILES string of the molecule is C[C@H]1CN(c2ccc(C#N)cc2)C(=O)CN1C(=O)c1c[nH]c(=O)cn1. The number of aromatic nitrogens is 2. The van der Waals surface area contributed by atoms with Crippen LogP contribution >= 0.6 is 0 Å². The van der Waals surface area contributed by atoms with E-state index in [4.69, 9.17) is 5.26 Å². The van der Waals surface area contributed by atoms with Gasteiger partial charge in [-0.3, -0.25) is 14.4 Å². The smallest absolute Gasteiger partial charge is 0.274 e. The molecule has 2 amide bonds. The summed E-state index contributed by atoms with van der Waals surface area (Å²) in [7, 11) is 0. The number of nitrogens with one attached hydrogen (secondary N) is 1. The van der Waals surface area contributed by atoms with Crippen LogP contribution in [0.5, 0.6) is 0 Å². The Morgan fingerprint density at radius 1 is 1.32 bits per heavy atom. The quantitative estimate of drug-likeness (QED) is 0.859. The first-order chi connectivity index (χ1) is 12.0. The van der Waals surface area contributed by atoms with E-state index in [0.29, 0.717) is 17.8 Å². The number of hydrogen-bond donors (Lipinski definition) is 1. The Bertz CT molecular complexity index is 893. The molecule has 8 heteroatoms. The summed E-state index contributed by atoms with van der Waals surface area (Å²) in [5.74, 6) is -0.628. The van der Waals surface area contributed by atoms with Crippen LogP contribution < -0.4 is 10.5 Å². The highest BCUT2D eigenvalue weighted by molar-refractivity contribution is 6.01. The summed E-state index contributed by atoms with van der Waals surface area (Å²) >= 11 is 0. The second-order valence-corrected chi connectivity index (χ2v) is 5.74. The highest BCUT2D eigenvalue weighted by atomic mass is 16.2. The Hall–Kier alpha value is -3.47. The largest absolute Gasteiger partial charge is 0.325 e. The van der Waals surface area contributed by atoms with Crippen molar-refractivity contribution in [1.29, 1.82) is 5.26 Å². The molecule has 0 spiro atoms. The average molecular weight is 337 g/mol. The summed E-state index contributed by atoms with van der Waals surface area (Å²) in [6.07, 6.45) is 2.28. The molecular weight excluding hydrogens is 322 g/mol. The van der Waals surface area contributed by atoms with Gasteiger partial charge in [0, 0.05) is 24.5 Å². The number of nitriles is 1. The van der Waals surface area contributed by atoms with E-state index in [1.54, 1.807) is 29.2 Å². The summed E-state index contributed by atoms with van der Waals surface area (Å²) in [5, 5.41) is 8.85. The van der Waals surface area contributed by atoms with E-state index in [9.17, 15) is 14.4 Å². The first kappa shape index (κ1) is 16.4. The maximum Gasteiger partial charge on any atom is 0.274 e. The van der Waals surface area contributed by atoms with Crippen LogP contribution in [0.15, 0.2) is 41.5 Å². The van der Waals surface area contributed by atoms with Crippen LogP contribution in [-0.2, 0) is 4.79 Å². The maximum atomic E-state index is 12.5. The van der Waals surface area contributed by atoms with Crippen molar-refractivity contribution in [2.45, 2.75) is 13.0 Å². The van der Waals surface area contributed by atoms with Crippen LogP contribution in [0.4, 0.5) is 5.69 Å². The Morgan fingerprint density at radius 2 is 2.04 bits per heavy atom. The van der Waals surface area contributed by atoms with Crippen LogP contribution in [0.1, 0.15) is 23.0 Å². The van der Waals surface area contributed by atoms with Crippen molar-refractivity contribution >= 4 is 17.5 Å². The van der Waals surface area contributed by atoms with Gasteiger partial charge in [-0.1, -0.05) is 0 Å². The average Bonchev–Trinajstić information content (AvgIpc) is 2.63. The topological polar surface area (TPSA) is 110 Å². The number of hydrogen-bond acceptors (Lipinski definition) is 5. The van der Waals surface area contributed by atoms with Gasteiger partial charge in [0.15, 0.2) is 0 Å². The predicted molar refractivity (Wildman–Crippen MR) is 88.9 cm³/mol. The van der Waals surface area contributed by atoms with Gasteiger partial charge < -0.3 is 14.8 Å². The Balaban J connectivity index is 1.78. The van der Waals surface area contributed by atoms with Gasteiger partial charge in [-0.05, 0) is 31.2 Å². The third-order valence-corrected chi connectivity index (χ3v) is 4.05. The lowest BCUT2D eigenvalue weighted by atomic mass is 10.1. The zero-order valence-electron chi connectivity index (χ0n) is 13.5. The van der Waals surface area contributed by atoms with Gasteiger partial charge in [0.05, 0.1) is 17.8 Å². The third kappa shape index (κ3) is 3.26. The minimum atomic E-state index is -0.406. The van der Waals surface area contributed by atoms with Crippen molar-refractivity contribution in [1.82, 2.24) is 14.9 Å². The van der Waals surface area contributed by atoms with Gasteiger partial charge in [0.1, 0.15) is 12.2 Å². The summed E-state index contributed by atoms with van der Waals surface area (Å²) in [6, 6.07) is 8.53. The maximum absolute atomic E-state index is 12.5. The van der Waals surface area contributed by atoms with E-state index < -0.39 is 11.5 Å². The highest BCUT2D eigenvalue weighted by Gasteiger charge is 2.34. The van der Waals surface area contributed by atoms with E-state index in [0.717, 1.165) is 6.20 Å². The molecule has 0 radical (unpaired) electrons. The fourth-order valence-corrected chi connectivity index (χ4v) is 2.70. The molecule has 126 valence electrons. The molecule has 1 aromatic carbocycles. The molecule has 0 saturated carbocycles. The number of anilines is 1. The zero-order chi connectivity index (χ0) is 18.0. The summed E-state index contributed by atoms with van der Waals surface area (Å²) < 4.78 is 0. The lowest BCUT2D eigenvalue weighted by molar-refractivity contribution is -0.121. The van der Waals surface area contributed by atoms with Gasteiger partial charge in [-0.2, -0.15) is 5.26 Å². The lowest BCUT2D eigenvalue weighted by Gasteiger charge is -2.39. The number of nitrogens with zero attached hydrogens (tertiary/aromatic N) is 4. The third-order valence-electron chi connectivity index (χ3n) is 4.05. The van der Waals surface area contributed by atoms with E-state index in [-0.39, 0.29) is 24.2 Å². The minimum Gasteiger partial charge on any atom is -0.325 e. The van der Waals surface area contributed by atoms with Crippen molar-refractivity contribution in [3.63, 3.8) is 0 Å². The second-order valence-electron chi connectivity index (χ2n) is 5.74. The number of piperazine rings is 1. The zero-order valence-corrected chi connectivity index (χ0v) is 13.5. The molecule has 2 aromatic rings. The highest BCUT2D eigenvalue weighted by Crippen LogP contribution is 2.21. The van der Waals surface area contributed by atoms with Crippen LogP contribution in [0.2, 0.25) is 0 Å². The molecule has 1 aliphatic heterocycles. The number of rotatable bonds is 2. The minimum absolute atomic E-state index is 0.0825. The molecule has 1 fully saturated rings. The lowest BCUT2D eigenvalue weighted by Crippen LogP contribution is -2.57. The molecule has 1 saturated heterocycles. The normalized spacial score (nSPS) is 17.3. The van der Waals surface area contributed by atoms with E-state index in [1.165, 1.54) is 11.1 Å².